The van der Waals surface area contributed by atoms with E-state index in [0.29, 0.717) is 25.6 Å². The normalized spacial score (nSPS) is 11.1. The summed E-state index contributed by atoms with van der Waals surface area (Å²) in [5.74, 6) is 0.0611. The third-order valence-electron chi connectivity index (χ3n) is 3.38. The molecule has 138 valence electrons. The van der Waals surface area contributed by atoms with Crippen molar-refractivity contribution in [1.29, 1.82) is 0 Å². The number of aromatic nitrogens is 3. The van der Waals surface area contributed by atoms with Gasteiger partial charge in [0.2, 0.25) is 5.75 Å². The zero-order chi connectivity index (χ0) is 19.4. The third kappa shape index (κ3) is 4.82. The van der Waals surface area contributed by atoms with Crippen LogP contribution < -0.4 is 4.74 Å². The average Bonchev–Trinajstić information content (AvgIpc) is 3.13. The second-order valence-electron chi connectivity index (χ2n) is 5.21. The van der Waals surface area contributed by atoms with Crippen LogP contribution in [-0.2, 0) is 6.61 Å². The fourth-order valence-corrected chi connectivity index (χ4v) is 3.09. The summed E-state index contributed by atoms with van der Waals surface area (Å²) in [6, 6.07) is 7.94. The molecule has 1 heterocycles. The van der Waals surface area contributed by atoms with Crippen molar-refractivity contribution in [3.05, 3.63) is 78.7 Å². The van der Waals surface area contributed by atoms with Crippen molar-refractivity contribution < 1.29 is 9.66 Å². The third-order valence-corrected chi connectivity index (χ3v) is 4.43. The maximum Gasteiger partial charge on any atom is 0.312 e. The molecule has 0 aliphatic rings. The van der Waals surface area contributed by atoms with E-state index in [0.717, 1.165) is 0 Å². The number of nitrogens with zero attached hydrogens (tertiary/aromatic N) is 5. The van der Waals surface area contributed by atoms with Crippen LogP contribution in [0.1, 0.15) is 11.1 Å². The summed E-state index contributed by atoms with van der Waals surface area (Å²) in [5.41, 5.74) is 0.828. The lowest BCUT2D eigenvalue weighted by molar-refractivity contribution is -0.386. The summed E-state index contributed by atoms with van der Waals surface area (Å²) in [6.07, 6.45) is 4.19. The lowest BCUT2D eigenvalue weighted by atomic mass is 10.2. The van der Waals surface area contributed by atoms with Gasteiger partial charge in [-0.1, -0.05) is 45.2 Å². The lowest BCUT2D eigenvalue weighted by Crippen LogP contribution is -2.03. The molecule has 27 heavy (non-hydrogen) atoms. The number of halogens is 3. The minimum Gasteiger partial charge on any atom is -0.481 e. The second kappa shape index (κ2) is 8.47. The fourth-order valence-electron chi connectivity index (χ4n) is 2.16. The van der Waals surface area contributed by atoms with Crippen LogP contribution >= 0.6 is 39.1 Å². The molecule has 3 rings (SSSR count). The molecular formula is C16H10BrCl2N5O3. The molecule has 0 bridgehead atoms. The van der Waals surface area contributed by atoms with Crippen molar-refractivity contribution in [3.63, 3.8) is 0 Å². The summed E-state index contributed by atoms with van der Waals surface area (Å²) in [5, 5.41) is 23.8. The fraction of sp³-hybridized carbons (Fsp3) is 0.0625. The van der Waals surface area contributed by atoms with Crippen LogP contribution in [0.25, 0.3) is 0 Å². The van der Waals surface area contributed by atoms with Gasteiger partial charge in [0.05, 0.1) is 11.1 Å². The van der Waals surface area contributed by atoms with Gasteiger partial charge in [-0.25, -0.2) is 4.68 Å². The molecule has 0 atom stereocenters. The number of hydrogen-bond acceptors (Lipinski definition) is 6. The van der Waals surface area contributed by atoms with E-state index in [2.05, 4.69) is 31.2 Å². The van der Waals surface area contributed by atoms with Gasteiger partial charge in [0.1, 0.15) is 19.3 Å². The Morgan fingerprint density at radius 2 is 2.00 bits per heavy atom. The molecule has 8 nitrogen and oxygen atoms in total. The molecule has 0 saturated carbocycles. The Bertz CT molecular complexity index is 1010. The monoisotopic (exact) mass is 469 g/mol. The first-order valence-corrected chi connectivity index (χ1v) is 8.92. The van der Waals surface area contributed by atoms with E-state index in [1.165, 1.54) is 29.6 Å². The predicted octanol–water partition coefficient (Wildman–Crippen LogP) is 4.72. The van der Waals surface area contributed by atoms with E-state index in [4.69, 9.17) is 27.9 Å². The first-order valence-electron chi connectivity index (χ1n) is 7.37. The van der Waals surface area contributed by atoms with Gasteiger partial charge >= 0.3 is 5.69 Å². The van der Waals surface area contributed by atoms with E-state index in [1.807, 2.05) is 0 Å². The average molecular weight is 471 g/mol. The number of benzene rings is 2. The summed E-state index contributed by atoms with van der Waals surface area (Å²) in [7, 11) is 0. The van der Waals surface area contributed by atoms with Crippen LogP contribution in [0.4, 0.5) is 5.69 Å². The highest BCUT2D eigenvalue weighted by atomic mass is 79.9. The van der Waals surface area contributed by atoms with Gasteiger partial charge in [0.15, 0.2) is 0 Å². The van der Waals surface area contributed by atoms with Crippen LogP contribution in [0.15, 0.2) is 52.6 Å². The topological polar surface area (TPSA) is 95.4 Å². The quantitative estimate of drug-likeness (QED) is 0.295. The molecule has 11 heteroatoms. The van der Waals surface area contributed by atoms with Crippen molar-refractivity contribution >= 4 is 51.0 Å². The number of ether oxygens (including phenoxy) is 1. The molecule has 0 fully saturated rings. The molecule has 0 radical (unpaired) electrons. The molecule has 0 saturated heterocycles. The highest BCUT2D eigenvalue weighted by molar-refractivity contribution is 9.10. The lowest BCUT2D eigenvalue weighted by Gasteiger charge is -2.11. The molecule has 0 N–H and O–H groups in total. The van der Waals surface area contributed by atoms with E-state index in [-0.39, 0.29) is 18.0 Å². The first-order chi connectivity index (χ1) is 12.9. The molecule has 3 aromatic rings. The number of hydrogen-bond donors (Lipinski definition) is 0. The SMILES string of the molecule is O=[N+]([O-])c1cc(Br)cc(/C=N\n2cnnc2)c1OCc1ccc(Cl)cc1Cl. The highest BCUT2D eigenvalue weighted by Gasteiger charge is 2.21. The zero-order valence-corrected chi connectivity index (χ0v) is 16.5. The number of nitro benzene ring substituents is 1. The van der Waals surface area contributed by atoms with E-state index in [1.54, 1.807) is 24.3 Å². The molecule has 0 unspecified atom stereocenters. The Balaban J connectivity index is 1.96. The van der Waals surface area contributed by atoms with E-state index in [9.17, 15) is 10.1 Å². The standard InChI is InChI=1S/C16H10BrCl2N5O3/c17-12-3-11(6-22-23-8-20-21-9-23)16(15(4-12)24(25)26)27-7-10-1-2-13(18)5-14(10)19/h1-6,8-9H,7H2/b22-6-. The summed E-state index contributed by atoms with van der Waals surface area (Å²) in [6.45, 7) is 0.0198. The summed E-state index contributed by atoms with van der Waals surface area (Å²) >= 11 is 15.3. The Morgan fingerprint density at radius 3 is 2.67 bits per heavy atom. The van der Waals surface area contributed by atoms with Gasteiger partial charge in [-0.3, -0.25) is 10.1 Å². The number of rotatable bonds is 6. The molecule has 0 aliphatic carbocycles. The van der Waals surface area contributed by atoms with Crippen molar-refractivity contribution in [2.75, 3.05) is 0 Å². The minimum absolute atomic E-state index is 0.0198. The van der Waals surface area contributed by atoms with Crippen molar-refractivity contribution in [2.24, 2.45) is 5.10 Å². The van der Waals surface area contributed by atoms with Crippen molar-refractivity contribution in [1.82, 2.24) is 14.9 Å². The maximum absolute atomic E-state index is 11.5. The molecule has 2 aromatic carbocycles. The molecule has 0 amide bonds. The maximum atomic E-state index is 11.5. The van der Waals surface area contributed by atoms with Gasteiger partial charge in [-0.15, -0.1) is 10.2 Å². The number of nitro groups is 1. The second-order valence-corrected chi connectivity index (χ2v) is 6.97. The molecular weight excluding hydrogens is 461 g/mol. The Labute approximate surface area is 171 Å². The van der Waals surface area contributed by atoms with Crippen LogP contribution in [0.5, 0.6) is 5.75 Å². The molecule has 0 spiro atoms. The van der Waals surface area contributed by atoms with Crippen LogP contribution in [0, 0.1) is 10.1 Å². The Morgan fingerprint density at radius 1 is 1.26 bits per heavy atom. The Hall–Kier alpha value is -2.49. The predicted molar refractivity (Wildman–Crippen MR) is 105 cm³/mol. The smallest absolute Gasteiger partial charge is 0.312 e. The first kappa shape index (κ1) is 19.3. The minimum atomic E-state index is -0.528. The van der Waals surface area contributed by atoms with Crippen molar-refractivity contribution in [2.45, 2.75) is 6.61 Å². The molecule has 1 aromatic heterocycles. The van der Waals surface area contributed by atoms with Crippen LogP contribution in [0.3, 0.4) is 0 Å². The highest BCUT2D eigenvalue weighted by Crippen LogP contribution is 2.35. The summed E-state index contributed by atoms with van der Waals surface area (Å²) < 4.78 is 7.60. The van der Waals surface area contributed by atoms with Crippen LogP contribution in [-0.4, -0.2) is 26.0 Å². The zero-order valence-electron chi connectivity index (χ0n) is 13.4. The van der Waals surface area contributed by atoms with Gasteiger partial charge < -0.3 is 4.74 Å². The van der Waals surface area contributed by atoms with Gasteiger partial charge in [0, 0.05) is 31.7 Å². The van der Waals surface area contributed by atoms with Crippen LogP contribution in [0.2, 0.25) is 10.0 Å². The van der Waals surface area contributed by atoms with Gasteiger partial charge in [-0.2, -0.15) is 5.10 Å². The van der Waals surface area contributed by atoms with E-state index < -0.39 is 4.92 Å². The van der Waals surface area contributed by atoms with Crippen molar-refractivity contribution in [3.8, 4) is 5.75 Å². The summed E-state index contributed by atoms with van der Waals surface area (Å²) in [4.78, 5) is 10.9. The van der Waals surface area contributed by atoms with Gasteiger partial charge in [0.25, 0.3) is 0 Å². The van der Waals surface area contributed by atoms with E-state index >= 15 is 0 Å². The Kier molecular flexibility index (Phi) is 6.04. The van der Waals surface area contributed by atoms with Gasteiger partial charge in [-0.05, 0) is 18.2 Å². The largest absolute Gasteiger partial charge is 0.481 e. The molecule has 0 aliphatic heterocycles.